The van der Waals surface area contributed by atoms with Gasteiger partial charge in [0.25, 0.3) is 5.56 Å². The minimum atomic E-state index is -0.00361. The molecule has 0 aliphatic heterocycles. The first kappa shape index (κ1) is 13.1. The first-order chi connectivity index (χ1) is 11.8. The van der Waals surface area contributed by atoms with Crippen molar-refractivity contribution in [1.29, 1.82) is 0 Å². The molecule has 114 valence electrons. The molecule has 0 atom stereocenters. The van der Waals surface area contributed by atoms with Gasteiger partial charge in [0.05, 0.1) is 16.6 Å². The van der Waals surface area contributed by atoms with Crippen molar-refractivity contribution in [3.8, 4) is 5.69 Å². The molecule has 2 heterocycles. The molecule has 3 heteroatoms. The smallest absolute Gasteiger partial charge is 0.279 e. The van der Waals surface area contributed by atoms with Crippen LogP contribution in [0.25, 0.3) is 33.1 Å². The molecule has 0 fully saturated rings. The van der Waals surface area contributed by atoms with E-state index in [1.165, 1.54) is 0 Å². The molecular formula is C21H14N2O. The molecule has 0 saturated carbocycles. The van der Waals surface area contributed by atoms with Crippen LogP contribution in [-0.4, -0.2) is 8.97 Å². The predicted octanol–water partition coefficient (Wildman–Crippen LogP) is 4.40. The van der Waals surface area contributed by atoms with Crippen molar-refractivity contribution >= 4 is 27.5 Å². The molecule has 3 aromatic carbocycles. The Bertz CT molecular complexity index is 1260. The maximum absolute atomic E-state index is 13.3. The lowest BCUT2D eigenvalue weighted by atomic mass is 10.2. The molecule has 2 aromatic heterocycles. The second kappa shape index (κ2) is 4.83. The minimum absolute atomic E-state index is 0.00361. The van der Waals surface area contributed by atoms with Crippen molar-refractivity contribution in [3.63, 3.8) is 0 Å². The van der Waals surface area contributed by atoms with Gasteiger partial charge in [-0.1, -0.05) is 48.5 Å². The molecule has 0 amide bonds. The highest BCUT2D eigenvalue weighted by Gasteiger charge is 2.14. The monoisotopic (exact) mass is 310 g/mol. The van der Waals surface area contributed by atoms with E-state index in [0.29, 0.717) is 5.52 Å². The number of rotatable bonds is 1. The summed E-state index contributed by atoms with van der Waals surface area (Å²) < 4.78 is 3.86. The fraction of sp³-hybridized carbons (Fsp3) is 0. The van der Waals surface area contributed by atoms with Crippen LogP contribution in [0.1, 0.15) is 0 Å². The molecule has 0 aliphatic rings. The van der Waals surface area contributed by atoms with Gasteiger partial charge < -0.3 is 4.40 Å². The van der Waals surface area contributed by atoms with Gasteiger partial charge in [-0.3, -0.25) is 9.36 Å². The fourth-order valence-corrected chi connectivity index (χ4v) is 3.47. The van der Waals surface area contributed by atoms with Crippen molar-refractivity contribution in [3.05, 3.63) is 95.3 Å². The van der Waals surface area contributed by atoms with Crippen LogP contribution in [0.5, 0.6) is 0 Å². The molecule has 5 aromatic rings. The number of nitrogens with zero attached hydrogens (tertiary/aromatic N) is 2. The van der Waals surface area contributed by atoms with E-state index in [1.807, 2.05) is 72.8 Å². The van der Waals surface area contributed by atoms with Crippen LogP contribution in [0.4, 0.5) is 0 Å². The number of aromatic nitrogens is 2. The third-order valence-corrected chi connectivity index (χ3v) is 4.51. The molecular weight excluding hydrogens is 296 g/mol. The third kappa shape index (κ3) is 1.69. The van der Waals surface area contributed by atoms with Gasteiger partial charge in [0, 0.05) is 11.1 Å². The van der Waals surface area contributed by atoms with Crippen LogP contribution < -0.4 is 5.56 Å². The summed E-state index contributed by atoms with van der Waals surface area (Å²) in [6.45, 7) is 0. The van der Waals surface area contributed by atoms with Crippen molar-refractivity contribution < 1.29 is 0 Å². The van der Waals surface area contributed by atoms with Crippen LogP contribution in [0.3, 0.4) is 0 Å². The Balaban J connectivity index is 2.10. The van der Waals surface area contributed by atoms with Crippen LogP contribution >= 0.6 is 0 Å². The summed E-state index contributed by atoms with van der Waals surface area (Å²) in [5.41, 5.74) is 4.56. The van der Waals surface area contributed by atoms with E-state index in [9.17, 15) is 4.79 Å². The standard InChI is InChI=1S/C21H14N2O/c24-21-20-14-15-8-4-5-11-17(15)23(20)19-13-7-6-12-18(19)22(21)16-9-2-1-3-10-16/h1-14H. The molecule has 24 heavy (non-hydrogen) atoms. The average molecular weight is 310 g/mol. The van der Waals surface area contributed by atoms with E-state index in [4.69, 9.17) is 0 Å². The number of para-hydroxylation sites is 4. The number of hydrogen-bond donors (Lipinski definition) is 0. The zero-order valence-electron chi connectivity index (χ0n) is 12.9. The summed E-state index contributed by atoms with van der Waals surface area (Å²) in [7, 11) is 0. The minimum Gasteiger partial charge on any atom is -0.303 e. The summed E-state index contributed by atoms with van der Waals surface area (Å²) in [6, 6.07) is 27.9. The molecule has 0 bridgehead atoms. The second-order valence-electron chi connectivity index (χ2n) is 5.89. The summed E-state index contributed by atoms with van der Waals surface area (Å²) in [6.07, 6.45) is 0. The largest absolute Gasteiger partial charge is 0.303 e. The van der Waals surface area contributed by atoms with Gasteiger partial charge in [-0.05, 0) is 36.4 Å². The zero-order chi connectivity index (χ0) is 16.1. The summed E-state index contributed by atoms with van der Waals surface area (Å²) in [4.78, 5) is 13.3. The van der Waals surface area contributed by atoms with Crippen LogP contribution in [0.2, 0.25) is 0 Å². The van der Waals surface area contributed by atoms with E-state index < -0.39 is 0 Å². The molecule has 0 spiro atoms. The lowest BCUT2D eigenvalue weighted by molar-refractivity contribution is 1.03. The quantitative estimate of drug-likeness (QED) is 0.451. The van der Waals surface area contributed by atoms with E-state index in [1.54, 1.807) is 4.57 Å². The van der Waals surface area contributed by atoms with Crippen LogP contribution in [0.15, 0.2) is 89.7 Å². The summed E-state index contributed by atoms with van der Waals surface area (Å²) in [5, 5.41) is 1.07. The van der Waals surface area contributed by atoms with Crippen molar-refractivity contribution in [1.82, 2.24) is 8.97 Å². The fourth-order valence-electron chi connectivity index (χ4n) is 3.47. The summed E-state index contributed by atoms with van der Waals surface area (Å²) >= 11 is 0. The molecule has 3 nitrogen and oxygen atoms in total. The highest BCUT2D eigenvalue weighted by atomic mass is 16.1. The van der Waals surface area contributed by atoms with Gasteiger partial charge in [-0.15, -0.1) is 0 Å². The highest BCUT2D eigenvalue weighted by molar-refractivity contribution is 5.93. The average Bonchev–Trinajstić information content (AvgIpc) is 3.03. The predicted molar refractivity (Wildman–Crippen MR) is 98.0 cm³/mol. The topological polar surface area (TPSA) is 26.4 Å². The van der Waals surface area contributed by atoms with Gasteiger partial charge in [0.15, 0.2) is 0 Å². The normalized spacial score (nSPS) is 11.5. The van der Waals surface area contributed by atoms with E-state index in [-0.39, 0.29) is 5.56 Å². The molecule has 0 N–H and O–H groups in total. The van der Waals surface area contributed by atoms with Crippen molar-refractivity contribution in [2.24, 2.45) is 0 Å². The van der Waals surface area contributed by atoms with Crippen molar-refractivity contribution in [2.75, 3.05) is 0 Å². The maximum atomic E-state index is 13.3. The Morgan fingerprint density at radius 2 is 1.21 bits per heavy atom. The van der Waals surface area contributed by atoms with Crippen molar-refractivity contribution in [2.45, 2.75) is 0 Å². The van der Waals surface area contributed by atoms with Gasteiger partial charge in [-0.25, -0.2) is 0 Å². The number of benzene rings is 3. The molecule has 5 rings (SSSR count). The first-order valence-electron chi connectivity index (χ1n) is 7.94. The first-order valence-corrected chi connectivity index (χ1v) is 7.94. The van der Waals surface area contributed by atoms with Crippen LogP contribution in [0, 0.1) is 0 Å². The lowest BCUT2D eigenvalue weighted by Gasteiger charge is -2.13. The van der Waals surface area contributed by atoms with Gasteiger partial charge in [0.2, 0.25) is 0 Å². The van der Waals surface area contributed by atoms with Gasteiger partial charge in [0.1, 0.15) is 5.52 Å². The lowest BCUT2D eigenvalue weighted by Crippen LogP contribution is -2.21. The summed E-state index contributed by atoms with van der Waals surface area (Å²) in [5.74, 6) is 0. The Morgan fingerprint density at radius 1 is 0.583 bits per heavy atom. The number of hydrogen-bond acceptors (Lipinski definition) is 1. The molecule has 0 saturated heterocycles. The highest BCUT2D eigenvalue weighted by Crippen LogP contribution is 2.25. The molecule has 0 unspecified atom stereocenters. The molecule has 0 radical (unpaired) electrons. The van der Waals surface area contributed by atoms with Gasteiger partial charge in [-0.2, -0.15) is 0 Å². The van der Waals surface area contributed by atoms with E-state index in [0.717, 1.165) is 27.6 Å². The maximum Gasteiger partial charge on any atom is 0.279 e. The Hall–Kier alpha value is -3.33. The molecule has 0 aliphatic carbocycles. The van der Waals surface area contributed by atoms with Crippen LogP contribution in [-0.2, 0) is 0 Å². The van der Waals surface area contributed by atoms with E-state index >= 15 is 0 Å². The Kier molecular flexibility index (Phi) is 2.65. The number of fused-ring (bicyclic) bond motifs is 5. The second-order valence-corrected chi connectivity index (χ2v) is 5.89. The van der Waals surface area contributed by atoms with Gasteiger partial charge >= 0.3 is 0 Å². The van der Waals surface area contributed by atoms with E-state index in [2.05, 4.69) is 16.5 Å². The Labute approximate surface area is 138 Å². The third-order valence-electron chi connectivity index (χ3n) is 4.51. The Morgan fingerprint density at radius 3 is 2.00 bits per heavy atom. The zero-order valence-corrected chi connectivity index (χ0v) is 12.9. The SMILES string of the molecule is O=c1c2cc3ccccc3n2c2ccccc2n1-c1ccccc1.